The van der Waals surface area contributed by atoms with Crippen LogP contribution in [-0.2, 0) is 24.1 Å². The van der Waals surface area contributed by atoms with Crippen LogP contribution in [-0.4, -0.2) is 27.8 Å². The van der Waals surface area contributed by atoms with Gasteiger partial charge in [-0.3, -0.25) is 4.79 Å². The molecule has 0 amide bonds. The lowest BCUT2D eigenvalue weighted by atomic mass is 9.94. The number of rotatable bonds is 3. The molecule has 118 valence electrons. The van der Waals surface area contributed by atoms with E-state index in [1.165, 1.54) is 7.11 Å². The number of esters is 1. The van der Waals surface area contributed by atoms with E-state index in [2.05, 4.69) is 0 Å². The molecule has 1 aliphatic carbocycles. The Balaban J connectivity index is 2.03. The topological polar surface area (TPSA) is 69.7 Å². The molecule has 22 heavy (non-hydrogen) atoms. The van der Waals surface area contributed by atoms with Crippen molar-refractivity contribution in [2.45, 2.75) is 31.5 Å². The minimum Gasteiger partial charge on any atom is -0.435 e. The van der Waals surface area contributed by atoms with Gasteiger partial charge < -0.3 is 9.47 Å². The van der Waals surface area contributed by atoms with Crippen LogP contribution < -0.4 is 0 Å². The second kappa shape index (κ2) is 5.21. The zero-order valence-electron chi connectivity index (χ0n) is 12.7. The molecular formula is C16H18O5S. The highest BCUT2D eigenvalue weighted by molar-refractivity contribution is 7.95. The summed E-state index contributed by atoms with van der Waals surface area (Å²) in [6.45, 7) is 3.65. The minimum absolute atomic E-state index is 0.186. The number of benzene rings is 1. The van der Waals surface area contributed by atoms with E-state index in [0.29, 0.717) is 10.5 Å². The molecule has 0 N–H and O–H groups in total. The van der Waals surface area contributed by atoms with Crippen LogP contribution >= 0.6 is 0 Å². The standard InChI is InChI=1S/C16H18O5S/c1-9-4-6-11(7-5-9)22(18,19)13-8-12-14(10(13)2)16(20-3)21-15(12)17/h4-7,12,14,16H,8H2,1-3H3/t12-,14+,16+/m0/s1. The maximum atomic E-state index is 12.8. The van der Waals surface area contributed by atoms with Gasteiger partial charge >= 0.3 is 5.97 Å². The summed E-state index contributed by atoms with van der Waals surface area (Å²) in [5.74, 6) is -1.15. The SMILES string of the molecule is CO[C@@H]1OC(=O)[C@H]2CC(S(=O)(=O)c3ccc(C)cc3)=C(C)[C@@H]12. The number of carbonyl (C=O) groups is 1. The first-order valence-corrected chi connectivity index (χ1v) is 8.59. The number of hydrogen-bond donors (Lipinski definition) is 0. The van der Waals surface area contributed by atoms with Crippen molar-refractivity contribution in [2.24, 2.45) is 11.8 Å². The maximum Gasteiger partial charge on any atom is 0.312 e. The van der Waals surface area contributed by atoms with E-state index in [1.54, 1.807) is 31.2 Å². The van der Waals surface area contributed by atoms with Crippen LogP contribution in [0.25, 0.3) is 0 Å². The molecule has 1 fully saturated rings. The number of methoxy groups -OCH3 is 1. The van der Waals surface area contributed by atoms with Gasteiger partial charge in [0.1, 0.15) is 0 Å². The van der Waals surface area contributed by atoms with E-state index in [-0.39, 0.29) is 23.2 Å². The zero-order chi connectivity index (χ0) is 16.1. The van der Waals surface area contributed by atoms with Gasteiger partial charge in [0.2, 0.25) is 16.1 Å². The smallest absolute Gasteiger partial charge is 0.312 e. The van der Waals surface area contributed by atoms with Gasteiger partial charge in [-0.25, -0.2) is 8.42 Å². The Labute approximate surface area is 129 Å². The van der Waals surface area contributed by atoms with Crippen LogP contribution in [0.2, 0.25) is 0 Å². The molecule has 1 heterocycles. The molecule has 0 aromatic heterocycles. The average molecular weight is 322 g/mol. The summed E-state index contributed by atoms with van der Waals surface area (Å²) in [6.07, 6.45) is -0.506. The summed E-state index contributed by atoms with van der Waals surface area (Å²) >= 11 is 0. The fraction of sp³-hybridized carbons (Fsp3) is 0.438. The van der Waals surface area contributed by atoms with Crippen molar-refractivity contribution in [1.82, 2.24) is 0 Å². The van der Waals surface area contributed by atoms with E-state index in [1.807, 2.05) is 6.92 Å². The molecule has 0 saturated carbocycles. The fourth-order valence-corrected chi connectivity index (χ4v) is 4.99. The highest BCUT2D eigenvalue weighted by atomic mass is 32.2. The predicted octanol–water partition coefficient (Wildman–Crippen LogP) is 2.21. The van der Waals surface area contributed by atoms with E-state index < -0.39 is 22.0 Å². The Hall–Kier alpha value is -1.66. The number of ether oxygens (including phenoxy) is 2. The van der Waals surface area contributed by atoms with Crippen LogP contribution in [0.1, 0.15) is 18.9 Å². The summed E-state index contributed by atoms with van der Waals surface area (Å²) in [6, 6.07) is 6.74. The summed E-state index contributed by atoms with van der Waals surface area (Å²) in [5, 5.41) is 0. The van der Waals surface area contributed by atoms with Crippen molar-refractivity contribution >= 4 is 15.8 Å². The molecule has 3 rings (SSSR count). The highest BCUT2D eigenvalue weighted by Gasteiger charge is 2.52. The number of aryl methyl sites for hydroxylation is 1. The molecule has 6 heteroatoms. The lowest BCUT2D eigenvalue weighted by Crippen LogP contribution is -2.20. The first-order chi connectivity index (χ1) is 10.4. The predicted molar refractivity (Wildman–Crippen MR) is 79.6 cm³/mol. The third-order valence-electron chi connectivity index (χ3n) is 4.49. The molecule has 1 aliphatic heterocycles. The zero-order valence-corrected chi connectivity index (χ0v) is 13.5. The van der Waals surface area contributed by atoms with E-state index >= 15 is 0 Å². The number of allylic oxidation sites excluding steroid dienone is 1. The van der Waals surface area contributed by atoms with Crippen molar-refractivity contribution in [2.75, 3.05) is 7.11 Å². The lowest BCUT2D eigenvalue weighted by Gasteiger charge is -2.16. The van der Waals surface area contributed by atoms with E-state index in [0.717, 1.165) is 5.56 Å². The Morgan fingerprint density at radius 1 is 1.18 bits per heavy atom. The third-order valence-corrected chi connectivity index (χ3v) is 6.53. The van der Waals surface area contributed by atoms with Gasteiger partial charge in [0.05, 0.1) is 16.7 Å². The van der Waals surface area contributed by atoms with Gasteiger partial charge in [0.15, 0.2) is 0 Å². The Kier molecular flexibility index (Phi) is 3.61. The number of fused-ring (bicyclic) bond motifs is 1. The van der Waals surface area contributed by atoms with Crippen LogP contribution in [0.4, 0.5) is 0 Å². The molecule has 0 bridgehead atoms. The number of hydrogen-bond acceptors (Lipinski definition) is 5. The summed E-state index contributed by atoms with van der Waals surface area (Å²) in [4.78, 5) is 12.5. The fourth-order valence-electron chi connectivity index (χ4n) is 3.25. The van der Waals surface area contributed by atoms with Crippen molar-refractivity contribution in [1.29, 1.82) is 0 Å². The first kappa shape index (κ1) is 15.2. The van der Waals surface area contributed by atoms with Crippen LogP contribution in [0.15, 0.2) is 39.6 Å². The number of sulfone groups is 1. The molecule has 5 nitrogen and oxygen atoms in total. The monoisotopic (exact) mass is 322 g/mol. The number of cyclic esters (lactones) is 1. The molecule has 3 atom stereocenters. The summed E-state index contributed by atoms with van der Waals surface area (Å²) in [5.41, 5.74) is 1.67. The Morgan fingerprint density at radius 3 is 2.41 bits per heavy atom. The van der Waals surface area contributed by atoms with E-state index in [9.17, 15) is 13.2 Å². The van der Waals surface area contributed by atoms with Gasteiger partial charge in [-0.05, 0) is 38.0 Å². The molecule has 0 unspecified atom stereocenters. The minimum atomic E-state index is -3.59. The van der Waals surface area contributed by atoms with Gasteiger partial charge in [0.25, 0.3) is 0 Å². The molecule has 1 saturated heterocycles. The second-order valence-corrected chi connectivity index (χ2v) is 7.77. The van der Waals surface area contributed by atoms with Crippen molar-refractivity contribution in [3.05, 3.63) is 40.3 Å². The van der Waals surface area contributed by atoms with Crippen LogP contribution in [0, 0.1) is 18.8 Å². The van der Waals surface area contributed by atoms with Crippen molar-refractivity contribution < 1.29 is 22.7 Å². The van der Waals surface area contributed by atoms with E-state index in [4.69, 9.17) is 9.47 Å². The summed E-state index contributed by atoms with van der Waals surface area (Å²) < 4.78 is 36.0. The maximum absolute atomic E-state index is 12.8. The molecule has 1 aromatic rings. The highest BCUT2D eigenvalue weighted by Crippen LogP contribution is 2.48. The second-order valence-electron chi connectivity index (χ2n) is 5.80. The molecule has 1 aromatic carbocycles. The Bertz CT molecular complexity index is 745. The molecule has 0 spiro atoms. The van der Waals surface area contributed by atoms with Gasteiger partial charge in [-0.2, -0.15) is 0 Å². The van der Waals surface area contributed by atoms with Gasteiger partial charge in [0, 0.05) is 12.0 Å². The van der Waals surface area contributed by atoms with Crippen molar-refractivity contribution in [3.8, 4) is 0 Å². The van der Waals surface area contributed by atoms with Crippen LogP contribution in [0.5, 0.6) is 0 Å². The molecule has 2 aliphatic rings. The molecular weight excluding hydrogens is 304 g/mol. The van der Waals surface area contributed by atoms with Crippen molar-refractivity contribution in [3.63, 3.8) is 0 Å². The first-order valence-electron chi connectivity index (χ1n) is 7.11. The van der Waals surface area contributed by atoms with Gasteiger partial charge in [-0.15, -0.1) is 0 Å². The summed E-state index contributed by atoms with van der Waals surface area (Å²) in [7, 11) is -2.13. The third kappa shape index (κ3) is 2.18. The average Bonchev–Trinajstić information content (AvgIpc) is 2.98. The normalized spacial score (nSPS) is 28.0. The largest absolute Gasteiger partial charge is 0.435 e. The Morgan fingerprint density at radius 2 is 1.82 bits per heavy atom. The molecule has 0 radical (unpaired) electrons. The van der Waals surface area contributed by atoms with Crippen LogP contribution in [0.3, 0.4) is 0 Å². The number of carbonyl (C=O) groups excluding carboxylic acids is 1. The van der Waals surface area contributed by atoms with Gasteiger partial charge in [-0.1, -0.05) is 17.7 Å². The lowest BCUT2D eigenvalue weighted by molar-refractivity contribution is -0.161. The quantitative estimate of drug-likeness (QED) is 0.798.